The molecule has 3 aromatic rings. The number of benzene rings is 2. The van der Waals surface area contributed by atoms with Crippen LogP contribution in [-0.4, -0.2) is 55.2 Å². The summed E-state index contributed by atoms with van der Waals surface area (Å²) in [5.41, 5.74) is 1.35. The van der Waals surface area contributed by atoms with E-state index in [-0.39, 0.29) is 5.56 Å². The maximum atomic E-state index is 14.3. The van der Waals surface area contributed by atoms with E-state index in [4.69, 9.17) is 16.3 Å². The number of carbonyl (C=O) groups is 1. The number of anilines is 1. The van der Waals surface area contributed by atoms with Gasteiger partial charge in [-0.05, 0) is 36.8 Å². The van der Waals surface area contributed by atoms with Crippen LogP contribution in [0, 0.1) is 18.6 Å². The van der Waals surface area contributed by atoms with Crippen LogP contribution in [0.15, 0.2) is 30.3 Å². The first-order valence-corrected chi connectivity index (χ1v) is 10.8. The number of ether oxygens (including phenoxy) is 1. The predicted octanol–water partition coefficient (Wildman–Crippen LogP) is 4.52. The molecule has 5 nitrogen and oxygen atoms in total. The molecule has 0 bridgehead atoms. The van der Waals surface area contributed by atoms with Crippen molar-refractivity contribution in [1.82, 2.24) is 9.88 Å². The Kier molecular flexibility index (Phi) is 6.29. The first-order valence-electron chi connectivity index (χ1n) is 9.56. The molecule has 1 amide bonds. The largest absolute Gasteiger partial charge is 0.379 e. The highest BCUT2D eigenvalue weighted by Crippen LogP contribution is 2.34. The van der Waals surface area contributed by atoms with Crippen LogP contribution in [0.5, 0.6) is 0 Å². The smallest absolute Gasteiger partial charge is 0.263 e. The van der Waals surface area contributed by atoms with Crippen LogP contribution in [0.4, 0.5) is 13.9 Å². The fraction of sp³-hybridized carbons (Fsp3) is 0.333. The predicted molar refractivity (Wildman–Crippen MR) is 115 cm³/mol. The van der Waals surface area contributed by atoms with Crippen LogP contribution >= 0.6 is 22.9 Å². The average molecular weight is 452 g/mol. The average Bonchev–Trinajstić information content (AvgIpc) is 3.16. The van der Waals surface area contributed by atoms with E-state index in [0.29, 0.717) is 42.0 Å². The summed E-state index contributed by atoms with van der Waals surface area (Å²) in [5.74, 6) is -2.17. The van der Waals surface area contributed by atoms with Crippen molar-refractivity contribution in [3.05, 3.63) is 58.1 Å². The summed E-state index contributed by atoms with van der Waals surface area (Å²) in [4.78, 5) is 21.5. The number of amides is 1. The Labute approximate surface area is 181 Å². The SMILES string of the molecule is Cc1c(Cl)ccc2sc(N(CCN3CCOCC3)C(=O)c3ccc(F)cc3F)nc12. The second-order valence-electron chi connectivity index (χ2n) is 7.05. The van der Waals surface area contributed by atoms with Crippen molar-refractivity contribution >= 4 is 44.2 Å². The van der Waals surface area contributed by atoms with Gasteiger partial charge in [-0.15, -0.1) is 0 Å². The molecule has 0 saturated carbocycles. The van der Waals surface area contributed by atoms with Gasteiger partial charge in [0, 0.05) is 37.3 Å². The fourth-order valence-corrected chi connectivity index (χ4v) is 4.56. The second kappa shape index (κ2) is 8.93. The van der Waals surface area contributed by atoms with Gasteiger partial charge in [0.25, 0.3) is 5.91 Å². The van der Waals surface area contributed by atoms with E-state index in [9.17, 15) is 13.6 Å². The van der Waals surface area contributed by atoms with Crippen molar-refractivity contribution in [2.45, 2.75) is 6.92 Å². The molecule has 158 valence electrons. The van der Waals surface area contributed by atoms with Crippen LogP contribution in [0.2, 0.25) is 5.02 Å². The minimum atomic E-state index is -0.892. The number of aromatic nitrogens is 1. The Hall–Kier alpha value is -2.13. The minimum Gasteiger partial charge on any atom is -0.379 e. The molecular formula is C21H20ClF2N3O2S. The lowest BCUT2D eigenvalue weighted by Gasteiger charge is -2.29. The summed E-state index contributed by atoms with van der Waals surface area (Å²) >= 11 is 7.56. The molecule has 2 aromatic carbocycles. The van der Waals surface area contributed by atoms with Crippen LogP contribution in [0.25, 0.3) is 10.2 Å². The molecule has 0 spiro atoms. The van der Waals surface area contributed by atoms with Crippen molar-refractivity contribution in [3.8, 4) is 0 Å². The molecule has 1 fully saturated rings. The molecule has 0 unspecified atom stereocenters. The van der Waals surface area contributed by atoms with E-state index in [1.54, 1.807) is 6.07 Å². The molecule has 1 aliphatic heterocycles. The maximum absolute atomic E-state index is 14.3. The summed E-state index contributed by atoms with van der Waals surface area (Å²) in [6, 6.07) is 6.62. The van der Waals surface area contributed by atoms with E-state index in [1.807, 2.05) is 13.0 Å². The van der Waals surface area contributed by atoms with Gasteiger partial charge in [0.05, 0.1) is 29.0 Å². The number of aryl methyl sites for hydroxylation is 1. The topological polar surface area (TPSA) is 45.7 Å². The fourth-order valence-electron chi connectivity index (χ4n) is 3.36. The Bertz CT molecular complexity index is 1090. The number of fused-ring (bicyclic) bond motifs is 1. The number of hydrogen-bond donors (Lipinski definition) is 0. The Morgan fingerprint density at radius 1 is 1.27 bits per heavy atom. The highest BCUT2D eigenvalue weighted by molar-refractivity contribution is 7.22. The summed E-state index contributed by atoms with van der Waals surface area (Å²) < 4.78 is 33.9. The van der Waals surface area contributed by atoms with E-state index < -0.39 is 17.5 Å². The molecule has 1 aromatic heterocycles. The molecular weight excluding hydrogens is 432 g/mol. The zero-order chi connectivity index (χ0) is 21.3. The highest BCUT2D eigenvalue weighted by atomic mass is 35.5. The van der Waals surface area contributed by atoms with Crippen LogP contribution < -0.4 is 4.90 Å². The molecule has 2 heterocycles. The zero-order valence-corrected chi connectivity index (χ0v) is 17.9. The van der Waals surface area contributed by atoms with Crippen molar-refractivity contribution < 1.29 is 18.3 Å². The highest BCUT2D eigenvalue weighted by Gasteiger charge is 2.25. The number of halogens is 3. The normalized spacial score (nSPS) is 14.9. The summed E-state index contributed by atoms with van der Waals surface area (Å²) in [7, 11) is 0. The van der Waals surface area contributed by atoms with E-state index in [1.165, 1.54) is 22.3 Å². The molecule has 1 saturated heterocycles. The molecule has 9 heteroatoms. The van der Waals surface area contributed by atoms with Crippen LogP contribution in [-0.2, 0) is 4.74 Å². The summed E-state index contributed by atoms with van der Waals surface area (Å²) in [6.07, 6.45) is 0. The number of nitrogens with zero attached hydrogens (tertiary/aromatic N) is 3. The lowest BCUT2D eigenvalue weighted by atomic mass is 10.2. The number of hydrogen-bond acceptors (Lipinski definition) is 5. The number of morpholine rings is 1. The third-order valence-corrected chi connectivity index (χ3v) is 6.57. The Morgan fingerprint density at radius 2 is 2.03 bits per heavy atom. The summed E-state index contributed by atoms with van der Waals surface area (Å²) in [6.45, 7) is 5.59. The van der Waals surface area contributed by atoms with Gasteiger partial charge in [0.1, 0.15) is 11.6 Å². The summed E-state index contributed by atoms with van der Waals surface area (Å²) in [5, 5.41) is 1.05. The van der Waals surface area contributed by atoms with Gasteiger partial charge < -0.3 is 4.74 Å². The second-order valence-corrected chi connectivity index (χ2v) is 8.47. The first kappa shape index (κ1) is 21.1. The van der Waals surface area contributed by atoms with Gasteiger partial charge in [-0.25, -0.2) is 13.8 Å². The van der Waals surface area contributed by atoms with Gasteiger partial charge in [0.15, 0.2) is 5.13 Å². The molecule has 30 heavy (non-hydrogen) atoms. The minimum absolute atomic E-state index is 0.188. The standard InChI is InChI=1S/C21H20ClF2N3O2S/c1-13-16(22)4-5-18-19(13)25-21(30-18)27(7-6-26-8-10-29-11-9-26)20(28)15-3-2-14(23)12-17(15)24/h2-5,12H,6-11H2,1H3. The van der Waals surface area contributed by atoms with Crippen molar-refractivity contribution in [1.29, 1.82) is 0 Å². The molecule has 0 N–H and O–H groups in total. The Morgan fingerprint density at radius 3 is 2.77 bits per heavy atom. The van der Waals surface area contributed by atoms with E-state index in [0.717, 1.165) is 35.5 Å². The number of thiazole rings is 1. The Balaban J connectivity index is 1.69. The van der Waals surface area contributed by atoms with E-state index in [2.05, 4.69) is 9.88 Å². The van der Waals surface area contributed by atoms with Crippen LogP contribution in [0.1, 0.15) is 15.9 Å². The first-order chi connectivity index (χ1) is 14.4. The third kappa shape index (κ3) is 4.32. The van der Waals surface area contributed by atoms with Gasteiger partial charge >= 0.3 is 0 Å². The molecule has 0 radical (unpaired) electrons. The molecule has 0 aliphatic carbocycles. The van der Waals surface area contributed by atoms with Crippen LogP contribution in [0.3, 0.4) is 0 Å². The number of rotatable bonds is 5. The molecule has 0 atom stereocenters. The molecule has 1 aliphatic rings. The quantitative estimate of drug-likeness (QED) is 0.572. The van der Waals surface area contributed by atoms with Crippen molar-refractivity contribution in [2.24, 2.45) is 0 Å². The monoisotopic (exact) mass is 451 g/mol. The maximum Gasteiger partial charge on any atom is 0.263 e. The van der Waals surface area contributed by atoms with Crippen molar-refractivity contribution in [3.63, 3.8) is 0 Å². The van der Waals surface area contributed by atoms with Gasteiger partial charge in [0.2, 0.25) is 0 Å². The van der Waals surface area contributed by atoms with Gasteiger partial charge in [-0.1, -0.05) is 22.9 Å². The van der Waals surface area contributed by atoms with E-state index >= 15 is 0 Å². The zero-order valence-electron chi connectivity index (χ0n) is 16.3. The van der Waals surface area contributed by atoms with Gasteiger partial charge in [-0.3, -0.25) is 14.6 Å². The van der Waals surface area contributed by atoms with Gasteiger partial charge in [-0.2, -0.15) is 0 Å². The lowest BCUT2D eigenvalue weighted by molar-refractivity contribution is 0.0391. The number of carbonyl (C=O) groups excluding carboxylic acids is 1. The van der Waals surface area contributed by atoms with Crippen molar-refractivity contribution in [2.75, 3.05) is 44.3 Å². The lowest BCUT2D eigenvalue weighted by Crippen LogP contribution is -2.43. The third-order valence-electron chi connectivity index (χ3n) is 5.12. The molecule has 4 rings (SSSR count).